The van der Waals surface area contributed by atoms with Crippen LogP contribution in [-0.4, -0.2) is 46.3 Å². The predicted molar refractivity (Wildman–Crippen MR) is 166 cm³/mol. The fourth-order valence-electron chi connectivity index (χ4n) is 5.22. The van der Waals surface area contributed by atoms with Gasteiger partial charge in [0.1, 0.15) is 11.4 Å². The Morgan fingerprint density at radius 1 is 1.12 bits per heavy atom. The summed E-state index contributed by atoms with van der Waals surface area (Å²) in [6.07, 6.45) is 5.58. The van der Waals surface area contributed by atoms with Gasteiger partial charge in [-0.25, -0.2) is 14.8 Å². The summed E-state index contributed by atoms with van der Waals surface area (Å²) in [5, 5.41) is 7.20. The number of carbonyl (C=O) groups excluding carboxylic acids is 2. The number of hydrogen-bond acceptors (Lipinski definition) is 7. The topological polar surface area (TPSA) is 111 Å². The van der Waals surface area contributed by atoms with Crippen LogP contribution in [0.2, 0.25) is 0 Å². The van der Waals surface area contributed by atoms with Crippen molar-refractivity contribution in [1.29, 1.82) is 0 Å². The second-order valence-corrected chi connectivity index (χ2v) is 11.1. The number of anilines is 4. The van der Waals surface area contributed by atoms with Crippen LogP contribution in [0.5, 0.6) is 5.75 Å². The standard InChI is InChI=1S/C32H36N6O4/c1-7-28(39)34-22-18-23(27(41-6)19-26(22)37(5)31(40)42-32(2,3)4)36-30-33-16-15-21(35-30)29-20-12-8-9-13-24(20)38-17-11-10-14-25(29)38/h7-9,12-13,15-16,18-19H,1,10-11,14,17H2,2-6H3,(H,34,39)(H,33,35,36). The molecule has 2 aromatic carbocycles. The summed E-state index contributed by atoms with van der Waals surface area (Å²) in [5.41, 5.74) is 4.96. The van der Waals surface area contributed by atoms with Gasteiger partial charge in [-0.1, -0.05) is 24.8 Å². The van der Waals surface area contributed by atoms with Gasteiger partial charge < -0.3 is 24.7 Å². The molecule has 0 spiro atoms. The Balaban J connectivity index is 1.54. The Labute approximate surface area is 245 Å². The molecule has 2 N–H and O–H groups in total. The predicted octanol–water partition coefficient (Wildman–Crippen LogP) is 6.68. The first-order valence-corrected chi connectivity index (χ1v) is 13.9. The van der Waals surface area contributed by atoms with E-state index in [0.29, 0.717) is 28.8 Å². The lowest BCUT2D eigenvalue weighted by Gasteiger charge is -2.27. The molecule has 0 fully saturated rings. The number of aryl methyl sites for hydroxylation is 1. The highest BCUT2D eigenvalue weighted by Gasteiger charge is 2.25. The number of amides is 2. The summed E-state index contributed by atoms with van der Waals surface area (Å²) in [4.78, 5) is 35.9. The van der Waals surface area contributed by atoms with Crippen LogP contribution >= 0.6 is 0 Å². The Hall–Kier alpha value is -4.86. The lowest BCUT2D eigenvalue weighted by atomic mass is 10.0. The molecule has 3 heterocycles. The number of aromatic nitrogens is 3. The number of nitrogens with zero attached hydrogens (tertiary/aromatic N) is 4. The summed E-state index contributed by atoms with van der Waals surface area (Å²) in [7, 11) is 3.09. The van der Waals surface area contributed by atoms with E-state index in [1.54, 1.807) is 46.1 Å². The first-order chi connectivity index (χ1) is 20.1. The molecule has 10 nitrogen and oxygen atoms in total. The van der Waals surface area contributed by atoms with Crippen LogP contribution in [0.15, 0.2) is 61.3 Å². The average Bonchev–Trinajstić information content (AvgIpc) is 3.30. The van der Waals surface area contributed by atoms with Crippen molar-refractivity contribution in [2.24, 2.45) is 0 Å². The summed E-state index contributed by atoms with van der Waals surface area (Å²) in [6, 6.07) is 13.7. The number of benzene rings is 2. The van der Waals surface area contributed by atoms with Crippen LogP contribution in [0, 0.1) is 0 Å². The van der Waals surface area contributed by atoms with Gasteiger partial charge >= 0.3 is 6.09 Å². The van der Waals surface area contributed by atoms with Gasteiger partial charge in [-0.3, -0.25) is 9.69 Å². The molecule has 4 aromatic rings. The SMILES string of the molecule is C=CC(=O)Nc1cc(Nc2nccc(-c3c4n(c5ccccc35)CCCC4)n2)c(OC)cc1N(C)C(=O)OC(C)(C)C. The van der Waals surface area contributed by atoms with Gasteiger partial charge in [-0.05, 0) is 64.3 Å². The monoisotopic (exact) mass is 568 g/mol. The summed E-state index contributed by atoms with van der Waals surface area (Å²) >= 11 is 0. The maximum Gasteiger partial charge on any atom is 0.414 e. The van der Waals surface area contributed by atoms with Crippen molar-refractivity contribution in [2.45, 2.75) is 52.2 Å². The van der Waals surface area contributed by atoms with E-state index in [-0.39, 0.29) is 0 Å². The van der Waals surface area contributed by atoms with Gasteiger partial charge in [0.05, 0.1) is 29.9 Å². The molecule has 42 heavy (non-hydrogen) atoms. The number of hydrogen-bond donors (Lipinski definition) is 2. The first-order valence-electron chi connectivity index (χ1n) is 13.9. The van der Waals surface area contributed by atoms with Gasteiger partial charge in [0, 0.05) is 48.0 Å². The van der Waals surface area contributed by atoms with E-state index >= 15 is 0 Å². The lowest BCUT2D eigenvalue weighted by molar-refractivity contribution is -0.111. The second-order valence-electron chi connectivity index (χ2n) is 11.1. The molecular weight excluding hydrogens is 532 g/mol. The van der Waals surface area contributed by atoms with Gasteiger partial charge in [0.25, 0.3) is 0 Å². The summed E-state index contributed by atoms with van der Waals surface area (Å²) < 4.78 is 13.6. The van der Waals surface area contributed by atoms with Crippen LogP contribution in [0.1, 0.15) is 39.3 Å². The lowest BCUT2D eigenvalue weighted by Crippen LogP contribution is -2.34. The average molecular weight is 569 g/mol. The Morgan fingerprint density at radius 3 is 2.64 bits per heavy atom. The van der Waals surface area contributed by atoms with Crippen LogP contribution in [0.4, 0.5) is 27.8 Å². The normalized spacial score (nSPS) is 12.8. The van der Waals surface area contributed by atoms with Gasteiger partial charge in [0.15, 0.2) is 0 Å². The minimum absolute atomic E-state index is 0.347. The van der Waals surface area contributed by atoms with E-state index in [0.717, 1.165) is 43.1 Å². The fraction of sp³-hybridized carbons (Fsp3) is 0.312. The molecule has 0 radical (unpaired) electrons. The largest absolute Gasteiger partial charge is 0.494 e. The molecule has 5 rings (SSSR count). The fourth-order valence-corrected chi connectivity index (χ4v) is 5.22. The van der Waals surface area contributed by atoms with Crippen molar-refractivity contribution in [3.63, 3.8) is 0 Å². The van der Waals surface area contributed by atoms with Crippen molar-refractivity contribution in [2.75, 3.05) is 29.7 Å². The van der Waals surface area contributed by atoms with Crippen molar-refractivity contribution in [3.8, 4) is 17.0 Å². The first kappa shape index (κ1) is 28.7. The van der Waals surface area contributed by atoms with Crippen LogP contribution < -0.4 is 20.3 Å². The molecule has 0 saturated carbocycles. The summed E-state index contributed by atoms with van der Waals surface area (Å²) in [6.45, 7) is 9.89. The molecule has 0 aliphatic carbocycles. The molecule has 1 aliphatic heterocycles. The van der Waals surface area contributed by atoms with Gasteiger partial charge in [-0.2, -0.15) is 0 Å². The van der Waals surface area contributed by atoms with Crippen LogP contribution in [0.3, 0.4) is 0 Å². The number of rotatable bonds is 7. The Kier molecular flexibility index (Phi) is 7.89. The van der Waals surface area contributed by atoms with E-state index in [9.17, 15) is 9.59 Å². The quantitative estimate of drug-likeness (QED) is 0.239. The molecule has 0 unspecified atom stereocenters. The van der Waals surface area contributed by atoms with Crippen LogP contribution in [-0.2, 0) is 22.5 Å². The van der Waals surface area contributed by atoms with E-state index < -0.39 is 17.6 Å². The zero-order chi connectivity index (χ0) is 30.0. The second kappa shape index (κ2) is 11.6. The third-order valence-corrected chi connectivity index (χ3v) is 7.07. The minimum atomic E-state index is -0.700. The van der Waals surface area contributed by atoms with Crippen molar-refractivity contribution in [1.82, 2.24) is 14.5 Å². The molecule has 2 amide bonds. The summed E-state index contributed by atoms with van der Waals surface area (Å²) in [5.74, 6) is 0.339. The molecule has 10 heteroatoms. The maximum absolute atomic E-state index is 12.9. The highest BCUT2D eigenvalue weighted by molar-refractivity contribution is 6.04. The maximum atomic E-state index is 12.9. The van der Waals surface area contributed by atoms with Crippen LogP contribution in [0.25, 0.3) is 22.2 Å². The van der Waals surface area contributed by atoms with Crippen molar-refractivity contribution >= 4 is 45.9 Å². The third kappa shape index (κ3) is 5.79. The van der Waals surface area contributed by atoms with E-state index in [1.165, 1.54) is 28.6 Å². The highest BCUT2D eigenvalue weighted by Crippen LogP contribution is 2.40. The van der Waals surface area contributed by atoms with Crippen molar-refractivity contribution in [3.05, 3.63) is 67.0 Å². The van der Waals surface area contributed by atoms with E-state index in [1.807, 2.05) is 6.07 Å². The Morgan fingerprint density at radius 2 is 1.90 bits per heavy atom. The molecule has 1 aliphatic rings. The number of carbonyl (C=O) groups is 2. The van der Waals surface area contributed by atoms with Gasteiger partial charge in [0.2, 0.25) is 11.9 Å². The highest BCUT2D eigenvalue weighted by atomic mass is 16.6. The number of fused-ring (bicyclic) bond motifs is 3. The molecule has 0 atom stereocenters. The third-order valence-electron chi connectivity index (χ3n) is 7.07. The number of nitrogens with one attached hydrogen (secondary N) is 2. The number of methoxy groups -OCH3 is 1. The van der Waals surface area contributed by atoms with Gasteiger partial charge in [-0.15, -0.1) is 0 Å². The smallest absolute Gasteiger partial charge is 0.414 e. The molecular formula is C32H36N6O4. The molecule has 0 bridgehead atoms. The zero-order valence-electron chi connectivity index (χ0n) is 24.7. The van der Waals surface area contributed by atoms with Crippen molar-refractivity contribution < 1.29 is 19.1 Å². The minimum Gasteiger partial charge on any atom is -0.494 e. The molecule has 0 saturated heterocycles. The molecule has 2 aromatic heterocycles. The molecule has 218 valence electrons. The van der Waals surface area contributed by atoms with E-state index in [2.05, 4.69) is 51.0 Å². The number of para-hydroxylation sites is 1. The van der Waals surface area contributed by atoms with E-state index in [4.69, 9.17) is 14.5 Å². The zero-order valence-corrected chi connectivity index (χ0v) is 24.7. The Bertz CT molecular complexity index is 1670. The number of ether oxygens (including phenoxy) is 2.